The minimum Gasteiger partial charge on any atom is -0.378 e. The van der Waals surface area contributed by atoms with Gasteiger partial charge in [-0.2, -0.15) is 0 Å². The van der Waals surface area contributed by atoms with E-state index < -0.39 is 0 Å². The zero-order valence-corrected chi connectivity index (χ0v) is 18.1. The van der Waals surface area contributed by atoms with Crippen molar-refractivity contribution in [2.75, 3.05) is 26.3 Å². The Kier molecular flexibility index (Phi) is 4.89. The largest absolute Gasteiger partial charge is 0.378 e. The first kappa shape index (κ1) is 19.9. The molecule has 2 aliphatic heterocycles. The van der Waals surface area contributed by atoms with E-state index in [4.69, 9.17) is 4.74 Å². The van der Waals surface area contributed by atoms with Crippen LogP contribution in [0.15, 0.2) is 35.3 Å². The summed E-state index contributed by atoms with van der Waals surface area (Å²) in [6.07, 6.45) is 1.89. The summed E-state index contributed by atoms with van der Waals surface area (Å²) in [5.74, 6) is -0.0985. The van der Waals surface area contributed by atoms with Crippen LogP contribution in [0.3, 0.4) is 0 Å². The van der Waals surface area contributed by atoms with Gasteiger partial charge in [-0.05, 0) is 59.9 Å². The predicted molar refractivity (Wildman–Crippen MR) is 120 cm³/mol. The summed E-state index contributed by atoms with van der Waals surface area (Å²) in [6.45, 7) is 8.90. The second kappa shape index (κ2) is 7.61. The van der Waals surface area contributed by atoms with E-state index in [1.165, 1.54) is 6.07 Å². The number of ether oxygens (including phenoxy) is 1. The Labute approximate surface area is 181 Å². The highest BCUT2D eigenvalue weighted by Gasteiger charge is 2.30. The summed E-state index contributed by atoms with van der Waals surface area (Å²) in [5, 5.41) is 0.936. The van der Waals surface area contributed by atoms with Crippen LogP contribution in [0.25, 0.3) is 16.6 Å². The lowest BCUT2D eigenvalue weighted by molar-refractivity contribution is 0.0303. The molecule has 2 aromatic carbocycles. The molecule has 1 saturated heterocycles. The zero-order chi connectivity index (χ0) is 21.7. The number of nitrogens with zero attached hydrogens (tertiary/aromatic N) is 3. The average molecular weight is 420 g/mol. The Morgan fingerprint density at radius 1 is 1.16 bits per heavy atom. The maximum absolute atomic E-state index is 14.0. The molecule has 3 heterocycles. The Hall–Kier alpha value is -2.99. The fourth-order valence-corrected chi connectivity index (χ4v) is 4.66. The third-order valence-corrected chi connectivity index (χ3v) is 6.22. The average Bonchev–Trinajstić information content (AvgIpc) is 3.36. The van der Waals surface area contributed by atoms with Gasteiger partial charge >= 0.3 is 0 Å². The van der Waals surface area contributed by atoms with E-state index in [2.05, 4.69) is 35.5 Å². The fourth-order valence-electron chi connectivity index (χ4n) is 4.66. The molecule has 2 aliphatic rings. The third-order valence-electron chi connectivity index (χ3n) is 6.22. The maximum Gasteiger partial charge on any atom is 0.256 e. The number of aliphatic imine (C=N–C) groups is 1. The number of morpholine rings is 1. The highest BCUT2D eigenvalue weighted by atomic mass is 19.1. The van der Waals surface area contributed by atoms with E-state index in [-0.39, 0.29) is 17.6 Å². The molecule has 0 atom stereocenters. The van der Waals surface area contributed by atoms with Crippen molar-refractivity contribution in [1.29, 1.82) is 0 Å². The molecule has 0 N–H and O–H groups in total. The molecule has 31 heavy (non-hydrogen) atoms. The van der Waals surface area contributed by atoms with Gasteiger partial charge < -0.3 is 14.2 Å². The van der Waals surface area contributed by atoms with Crippen LogP contribution >= 0.6 is 0 Å². The summed E-state index contributed by atoms with van der Waals surface area (Å²) < 4.78 is 21.6. The minimum absolute atomic E-state index is 0.0356. The molecule has 1 amide bonds. The summed E-state index contributed by atoms with van der Waals surface area (Å²) in [7, 11) is 0. The number of carbonyl (C=O) groups excluding carboxylic acids is 1. The second-order valence-corrected chi connectivity index (χ2v) is 8.63. The van der Waals surface area contributed by atoms with Crippen molar-refractivity contribution in [3.05, 3.63) is 64.1 Å². The normalized spacial score (nSPS) is 15.8. The van der Waals surface area contributed by atoms with E-state index in [9.17, 15) is 9.18 Å². The third kappa shape index (κ3) is 3.26. The highest BCUT2D eigenvalue weighted by Crippen LogP contribution is 2.37. The van der Waals surface area contributed by atoms with Crippen molar-refractivity contribution < 1.29 is 13.9 Å². The maximum atomic E-state index is 14.0. The Morgan fingerprint density at radius 2 is 1.94 bits per heavy atom. The van der Waals surface area contributed by atoms with E-state index in [1.807, 2.05) is 17.2 Å². The Morgan fingerprint density at radius 3 is 2.65 bits per heavy atom. The van der Waals surface area contributed by atoms with E-state index in [1.54, 1.807) is 13.0 Å². The van der Waals surface area contributed by atoms with Gasteiger partial charge in [0.25, 0.3) is 5.91 Å². The molecule has 0 bridgehead atoms. The van der Waals surface area contributed by atoms with Crippen LogP contribution in [0.2, 0.25) is 0 Å². The zero-order valence-electron chi connectivity index (χ0n) is 18.1. The molecule has 1 fully saturated rings. The van der Waals surface area contributed by atoms with Crippen LogP contribution in [0.5, 0.6) is 0 Å². The number of fused-ring (bicyclic) bond motifs is 2. The molecule has 160 valence electrons. The molecule has 3 aromatic rings. The van der Waals surface area contributed by atoms with Gasteiger partial charge in [-0.1, -0.05) is 13.8 Å². The summed E-state index contributed by atoms with van der Waals surface area (Å²) >= 11 is 0. The number of hydrogen-bond donors (Lipinski definition) is 0. The van der Waals surface area contributed by atoms with E-state index >= 15 is 0 Å². The quantitative estimate of drug-likeness (QED) is 0.623. The fraction of sp³-hybridized carbons (Fsp3) is 0.360. The first-order valence-corrected chi connectivity index (χ1v) is 10.8. The number of aromatic nitrogens is 1. The second-order valence-electron chi connectivity index (χ2n) is 8.63. The van der Waals surface area contributed by atoms with Crippen molar-refractivity contribution >= 4 is 23.0 Å². The van der Waals surface area contributed by atoms with Gasteiger partial charge in [-0.15, -0.1) is 0 Å². The lowest BCUT2D eigenvalue weighted by Gasteiger charge is -2.27. The molecule has 5 nitrogen and oxygen atoms in total. The molecule has 0 radical (unpaired) electrons. The summed E-state index contributed by atoms with van der Waals surface area (Å²) in [5.41, 5.74) is 6.30. The predicted octanol–water partition coefficient (Wildman–Crippen LogP) is 4.61. The van der Waals surface area contributed by atoms with Crippen molar-refractivity contribution in [3.8, 4) is 5.69 Å². The molecule has 0 saturated carbocycles. The molecule has 0 spiro atoms. The van der Waals surface area contributed by atoms with Crippen LogP contribution in [0, 0.1) is 12.7 Å². The first-order valence-electron chi connectivity index (χ1n) is 10.8. The molecule has 6 heteroatoms. The first-order chi connectivity index (χ1) is 15.0. The van der Waals surface area contributed by atoms with Crippen LogP contribution in [0.1, 0.15) is 52.5 Å². The topological polar surface area (TPSA) is 46.8 Å². The summed E-state index contributed by atoms with van der Waals surface area (Å²) in [6, 6.07) is 9.37. The van der Waals surface area contributed by atoms with Crippen LogP contribution in [-0.2, 0) is 11.3 Å². The van der Waals surface area contributed by atoms with Gasteiger partial charge in [-0.25, -0.2) is 4.39 Å². The molecular weight excluding hydrogens is 393 g/mol. The summed E-state index contributed by atoms with van der Waals surface area (Å²) in [4.78, 5) is 20.1. The van der Waals surface area contributed by atoms with Gasteiger partial charge in [0, 0.05) is 36.1 Å². The molecule has 5 rings (SSSR count). The highest BCUT2D eigenvalue weighted by molar-refractivity contribution is 6.10. The van der Waals surface area contributed by atoms with Gasteiger partial charge in [0.05, 0.1) is 30.8 Å². The van der Waals surface area contributed by atoms with Crippen LogP contribution in [0.4, 0.5) is 4.39 Å². The molecule has 0 aliphatic carbocycles. The van der Waals surface area contributed by atoms with Crippen molar-refractivity contribution in [2.45, 2.75) is 33.2 Å². The van der Waals surface area contributed by atoms with Gasteiger partial charge in [0.15, 0.2) is 0 Å². The van der Waals surface area contributed by atoms with E-state index in [0.29, 0.717) is 38.4 Å². The number of benzene rings is 2. The van der Waals surface area contributed by atoms with Gasteiger partial charge in [-0.3, -0.25) is 9.79 Å². The number of aryl methyl sites for hydroxylation is 1. The number of amides is 1. The molecule has 1 aromatic heterocycles. The molecular formula is C25H26FN3O2. The number of hydrogen-bond acceptors (Lipinski definition) is 3. The minimum atomic E-state index is -0.232. The Bertz CT molecular complexity index is 1220. The monoisotopic (exact) mass is 419 g/mol. The van der Waals surface area contributed by atoms with Crippen molar-refractivity contribution in [2.24, 2.45) is 4.99 Å². The Balaban J connectivity index is 1.82. The lowest BCUT2D eigenvalue weighted by Crippen LogP contribution is -2.41. The SMILES string of the molecule is Cc1cc(-n2c(C(C)C)c(C(=O)N3CCOCC3)c3cc4c(cc32)C=NC4)ccc1F. The van der Waals surface area contributed by atoms with Gasteiger partial charge in [0.1, 0.15) is 5.82 Å². The smallest absolute Gasteiger partial charge is 0.256 e. The van der Waals surface area contributed by atoms with E-state index in [0.717, 1.165) is 39.0 Å². The van der Waals surface area contributed by atoms with Crippen molar-refractivity contribution in [1.82, 2.24) is 9.47 Å². The number of halogens is 1. The van der Waals surface area contributed by atoms with Crippen LogP contribution in [-0.4, -0.2) is 47.9 Å². The van der Waals surface area contributed by atoms with Crippen LogP contribution < -0.4 is 0 Å². The van der Waals surface area contributed by atoms with Gasteiger partial charge in [0.2, 0.25) is 0 Å². The lowest BCUT2D eigenvalue weighted by atomic mass is 9.99. The standard InChI is InChI=1S/C25H26FN3O2/c1-15(2)24-23(25(30)28-6-8-31-9-7-28)20-11-17-13-27-14-18(17)12-22(20)29(24)19-4-5-21(26)16(3)10-19/h4-5,10-12,14-15H,6-9,13H2,1-3H3. The molecule has 0 unspecified atom stereocenters. The number of carbonyl (C=O) groups is 1. The van der Waals surface area contributed by atoms with Crippen molar-refractivity contribution in [3.63, 3.8) is 0 Å². The number of rotatable bonds is 3.